The van der Waals surface area contributed by atoms with E-state index < -0.39 is 6.10 Å². The van der Waals surface area contributed by atoms with Gasteiger partial charge < -0.3 is 5.11 Å². The molecule has 3 aromatic rings. The number of fused-ring (bicyclic) bond motifs is 1. The van der Waals surface area contributed by atoms with E-state index in [4.69, 9.17) is 0 Å². The van der Waals surface area contributed by atoms with Crippen LogP contribution in [0.3, 0.4) is 0 Å². The molecule has 19 heavy (non-hydrogen) atoms. The molecule has 2 aromatic carbocycles. The van der Waals surface area contributed by atoms with Crippen molar-refractivity contribution in [2.45, 2.75) is 6.10 Å². The number of thiophene rings is 1. The summed E-state index contributed by atoms with van der Waals surface area (Å²) in [6.45, 7) is 0. The summed E-state index contributed by atoms with van der Waals surface area (Å²) in [7, 11) is 0. The van der Waals surface area contributed by atoms with Crippen molar-refractivity contribution in [1.29, 1.82) is 0 Å². The van der Waals surface area contributed by atoms with Crippen molar-refractivity contribution in [2.24, 2.45) is 0 Å². The van der Waals surface area contributed by atoms with Crippen LogP contribution in [0.25, 0.3) is 10.8 Å². The molecular weight excluding hydrogens is 388 g/mol. The highest BCUT2D eigenvalue weighted by atomic mass is 79.9. The molecule has 3 rings (SSSR count). The van der Waals surface area contributed by atoms with Gasteiger partial charge in [-0.25, -0.2) is 0 Å². The Hall–Kier alpha value is -0.680. The number of aliphatic hydroxyl groups excluding tert-OH is 1. The van der Waals surface area contributed by atoms with E-state index in [-0.39, 0.29) is 0 Å². The topological polar surface area (TPSA) is 20.2 Å². The molecule has 4 heteroatoms. The molecule has 1 nitrogen and oxygen atoms in total. The number of hydrogen-bond donors (Lipinski definition) is 1. The molecule has 0 amide bonds. The summed E-state index contributed by atoms with van der Waals surface area (Å²) in [4.78, 5) is 0. The third-order valence-electron chi connectivity index (χ3n) is 3.10. The van der Waals surface area contributed by atoms with Gasteiger partial charge in [-0.15, -0.1) is 11.3 Å². The van der Waals surface area contributed by atoms with Crippen LogP contribution in [0.1, 0.15) is 17.2 Å². The predicted octanol–water partition coefficient (Wildman–Crippen LogP) is 5.51. The first-order valence-corrected chi connectivity index (χ1v) is 8.22. The fourth-order valence-electron chi connectivity index (χ4n) is 2.17. The molecular formula is C15H10Br2OS. The molecule has 0 fully saturated rings. The van der Waals surface area contributed by atoms with Gasteiger partial charge in [0.05, 0.1) is 3.79 Å². The molecule has 1 aromatic heterocycles. The fourth-order valence-corrected chi connectivity index (χ4v) is 3.84. The summed E-state index contributed by atoms with van der Waals surface area (Å²) in [5, 5.41) is 14.7. The SMILES string of the molecule is OC(c1csc(Br)c1)c1ccc(Br)c2ccccc12. The lowest BCUT2D eigenvalue weighted by Crippen LogP contribution is -1.99. The molecule has 0 aliphatic rings. The molecule has 0 spiro atoms. The van der Waals surface area contributed by atoms with Crippen molar-refractivity contribution in [1.82, 2.24) is 0 Å². The van der Waals surface area contributed by atoms with E-state index in [0.717, 1.165) is 30.2 Å². The average Bonchev–Trinajstić information content (AvgIpc) is 2.86. The molecule has 1 atom stereocenters. The van der Waals surface area contributed by atoms with E-state index in [1.165, 1.54) is 0 Å². The van der Waals surface area contributed by atoms with Gasteiger partial charge in [0.25, 0.3) is 0 Å². The second-order valence-electron chi connectivity index (χ2n) is 4.27. The summed E-state index contributed by atoms with van der Waals surface area (Å²) in [5.41, 5.74) is 1.86. The lowest BCUT2D eigenvalue weighted by Gasteiger charge is -2.13. The van der Waals surface area contributed by atoms with Gasteiger partial charge in [0.2, 0.25) is 0 Å². The molecule has 1 N–H and O–H groups in total. The van der Waals surface area contributed by atoms with E-state index in [2.05, 4.69) is 37.9 Å². The first-order chi connectivity index (χ1) is 9.16. The highest BCUT2D eigenvalue weighted by molar-refractivity contribution is 9.11. The Balaban J connectivity index is 2.18. The Labute approximate surface area is 132 Å². The third-order valence-corrected chi connectivity index (χ3v) is 5.32. The summed E-state index contributed by atoms with van der Waals surface area (Å²) in [6.07, 6.45) is -0.597. The molecule has 0 saturated carbocycles. The van der Waals surface area contributed by atoms with Crippen molar-refractivity contribution in [3.63, 3.8) is 0 Å². The second-order valence-corrected chi connectivity index (χ2v) is 7.41. The zero-order chi connectivity index (χ0) is 13.4. The van der Waals surface area contributed by atoms with E-state index in [1.807, 2.05) is 41.8 Å². The van der Waals surface area contributed by atoms with Gasteiger partial charge in [-0.3, -0.25) is 0 Å². The monoisotopic (exact) mass is 396 g/mol. The Morgan fingerprint density at radius 3 is 2.42 bits per heavy atom. The zero-order valence-electron chi connectivity index (χ0n) is 9.81. The van der Waals surface area contributed by atoms with Gasteiger partial charge in [-0.05, 0) is 55.3 Å². The standard InChI is InChI=1S/C15H10Br2OS/c16-13-6-5-12(10-3-1-2-4-11(10)13)15(18)9-7-14(17)19-8-9/h1-8,15,18H. The van der Waals surface area contributed by atoms with Crippen LogP contribution in [0.2, 0.25) is 0 Å². The summed E-state index contributed by atoms with van der Waals surface area (Å²) >= 11 is 8.57. The maximum absolute atomic E-state index is 10.6. The Morgan fingerprint density at radius 1 is 1.00 bits per heavy atom. The number of benzene rings is 2. The van der Waals surface area contributed by atoms with Crippen LogP contribution in [-0.2, 0) is 0 Å². The highest BCUT2D eigenvalue weighted by Gasteiger charge is 2.15. The number of halogens is 2. The smallest absolute Gasteiger partial charge is 0.105 e. The minimum absolute atomic E-state index is 0.597. The fraction of sp³-hybridized carbons (Fsp3) is 0.0667. The minimum Gasteiger partial charge on any atom is -0.384 e. The van der Waals surface area contributed by atoms with E-state index in [9.17, 15) is 5.11 Å². The maximum Gasteiger partial charge on any atom is 0.105 e. The van der Waals surface area contributed by atoms with Crippen LogP contribution < -0.4 is 0 Å². The van der Waals surface area contributed by atoms with Crippen LogP contribution in [0, 0.1) is 0 Å². The largest absolute Gasteiger partial charge is 0.384 e. The quantitative estimate of drug-likeness (QED) is 0.604. The molecule has 0 radical (unpaired) electrons. The number of rotatable bonds is 2. The number of hydrogen-bond acceptors (Lipinski definition) is 2. The van der Waals surface area contributed by atoms with Gasteiger partial charge in [-0.1, -0.05) is 46.3 Å². The van der Waals surface area contributed by atoms with Gasteiger partial charge in [-0.2, -0.15) is 0 Å². The molecule has 0 aliphatic heterocycles. The van der Waals surface area contributed by atoms with Crippen LogP contribution in [0.4, 0.5) is 0 Å². The normalized spacial score (nSPS) is 12.8. The van der Waals surface area contributed by atoms with Crippen molar-refractivity contribution in [3.05, 3.63) is 67.2 Å². The van der Waals surface area contributed by atoms with Crippen molar-refractivity contribution in [3.8, 4) is 0 Å². The zero-order valence-corrected chi connectivity index (χ0v) is 13.8. The van der Waals surface area contributed by atoms with Crippen LogP contribution in [0.15, 0.2) is 56.1 Å². The summed E-state index contributed by atoms with van der Waals surface area (Å²) in [6, 6.07) is 14.0. The lowest BCUT2D eigenvalue weighted by molar-refractivity contribution is 0.222. The van der Waals surface area contributed by atoms with E-state index in [0.29, 0.717) is 0 Å². The van der Waals surface area contributed by atoms with E-state index in [1.54, 1.807) is 11.3 Å². The Morgan fingerprint density at radius 2 is 1.74 bits per heavy atom. The maximum atomic E-state index is 10.6. The first kappa shape index (κ1) is 13.3. The molecule has 1 unspecified atom stereocenters. The van der Waals surface area contributed by atoms with Gasteiger partial charge in [0.1, 0.15) is 6.10 Å². The Kier molecular flexibility index (Phi) is 3.76. The molecule has 0 saturated heterocycles. The van der Waals surface area contributed by atoms with Crippen LogP contribution >= 0.6 is 43.2 Å². The van der Waals surface area contributed by atoms with Crippen molar-refractivity contribution < 1.29 is 5.11 Å². The lowest BCUT2D eigenvalue weighted by atomic mass is 9.97. The molecule has 0 bridgehead atoms. The van der Waals surface area contributed by atoms with Gasteiger partial charge >= 0.3 is 0 Å². The van der Waals surface area contributed by atoms with Gasteiger partial charge in [0, 0.05) is 4.47 Å². The summed E-state index contributed by atoms with van der Waals surface area (Å²) in [5.74, 6) is 0. The number of aliphatic hydroxyl groups is 1. The first-order valence-electron chi connectivity index (χ1n) is 5.76. The van der Waals surface area contributed by atoms with E-state index >= 15 is 0 Å². The minimum atomic E-state index is -0.597. The Bertz CT molecular complexity index is 736. The average molecular weight is 398 g/mol. The highest BCUT2D eigenvalue weighted by Crippen LogP contribution is 2.35. The third kappa shape index (κ3) is 2.50. The molecule has 96 valence electrons. The summed E-state index contributed by atoms with van der Waals surface area (Å²) < 4.78 is 2.08. The molecule has 0 aliphatic carbocycles. The van der Waals surface area contributed by atoms with Crippen molar-refractivity contribution >= 4 is 54.0 Å². The molecule has 1 heterocycles. The predicted molar refractivity (Wildman–Crippen MR) is 87.7 cm³/mol. The second kappa shape index (κ2) is 5.37. The van der Waals surface area contributed by atoms with Crippen molar-refractivity contribution in [2.75, 3.05) is 0 Å². The van der Waals surface area contributed by atoms with Crippen LogP contribution in [-0.4, -0.2) is 5.11 Å². The van der Waals surface area contributed by atoms with Crippen LogP contribution in [0.5, 0.6) is 0 Å². The van der Waals surface area contributed by atoms with Gasteiger partial charge in [0.15, 0.2) is 0 Å².